The van der Waals surface area contributed by atoms with E-state index in [0.717, 1.165) is 5.56 Å². The molecule has 0 saturated heterocycles. The maximum absolute atomic E-state index is 11.8. The summed E-state index contributed by atoms with van der Waals surface area (Å²) in [6.07, 6.45) is 0. The van der Waals surface area contributed by atoms with E-state index >= 15 is 0 Å². The van der Waals surface area contributed by atoms with Crippen molar-refractivity contribution in [3.8, 4) is 5.75 Å². The molecular weight excluding hydrogens is 251 g/mol. The molecule has 1 aromatic carbocycles. The fraction of sp³-hybridized carbons (Fsp3) is 0.455. The quantitative estimate of drug-likeness (QED) is 0.829. The lowest BCUT2D eigenvalue weighted by Gasteiger charge is -2.10. The fourth-order valence-corrected chi connectivity index (χ4v) is 1.60. The highest BCUT2D eigenvalue weighted by molar-refractivity contribution is 8.00. The number of hydrogen-bond donors (Lipinski definition) is 1. The van der Waals surface area contributed by atoms with E-state index in [0.29, 0.717) is 5.75 Å². The summed E-state index contributed by atoms with van der Waals surface area (Å²) in [6, 6.07) is 6.93. The Labute approximate surface area is 102 Å². The van der Waals surface area contributed by atoms with Gasteiger partial charge in [-0.15, -0.1) is 0 Å². The first-order valence-electron chi connectivity index (χ1n) is 5.07. The zero-order valence-electron chi connectivity index (χ0n) is 9.33. The second-order valence-electron chi connectivity index (χ2n) is 3.50. The SMILES string of the molecule is C[C@H](N)c1cccc(OCCSC(F)(F)F)c1. The lowest BCUT2D eigenvalue weighted by molar-refractivity contribution is -0.0329. The number of alkyl halides is 3. The van der Waals surface area contributed by atoms with Gasteiger partial charge in [0.1, 0.15) is 5.75 Å². The van der Waals surface area contributed by atoms with E-state index in [1.807, 2.05) is 13.0 Å². The van der Waals surface area contributed by atoms with Gasteiger partial charge in [0.15, 0.2) is 0 Å². The maximum Gasteiger partial charge on any atom is 0.441 e. The summed E-state index contributed by atoms with van der Waals surface area (Å²) < 4.78 is 40.7. The summed E-state index contributed by atoms with van der Waals surface area (Å²) >= 11 is -0.0864. The van der Waals surface area contributed by atoms with Crippen LogP contribution in [0.2, 0.25) is 0 Å². The van der Waals surface area contributed by atoms with Gasteiger partial charge >= 0.3 is 5.51 Å². The van der Waals surface area contributed by atoms with Crippen molar-refractivity contribution in [2.24, 2.45) is 5.73 Å². The van der Waals surface area contributed by atoms with E-state index in [9.17, 15) is 13.2 Å². The van der Waals surface area contributed by atoms with Gasteiger partial charge in [-0.25, -0.2) is 0 Å². The molecule has 2 nitrogen and oxygen atoms in total. The lowest BCUT2D eigenvalue weighted by Crippen LogP contribution is -2.08. The van der Waals surface area contributed by atoms with Crippen molar-refractivity contribution in [1.29, 1.82) is 0 Å². The number of halogens is 3. The van der Waals surface area contributed by atoms with Crippen LogP contribution in [0.3, 0.4) is 0 Å². The number of thioether (sulfide) groups is 1. The van der Waals surface area contributed by atoms with Gasteiger partial charge in [0.2, 0.25) is 0 Å². The largest absolute Gasteiger partial charge is 0.493 e. The van der Waals surface area contributed by atoms with Gasteiger partial charge in [-0.05, 0) is 36.4 Å². The first-order valence-corrected chi connectivity index (χ1v) is 6.06. The Balaban J connectivity index is 2.39. The van der Waals surface area contributed by atoms with E-state index in [-0.39, 0.29) is 30.2 Å². The fourth-order valence-electron chi connectivity index (χ4n) is 1.20. The van der Waals surface area contributed by atoms with Gasteiger partial charge in [-0.2, -0.15) is 13.2 Å². The molecule has 0 heterocycles. The van der Waals surface area contributed by atoms with Crippen LogP contribution in [-0.4, -0.2) is 17.9 Å². The lowest BCUT2D eigenvalue weighted by atomic mass is 10.1. The van der Waals surface area contributed by atoms with Crippen molar-refractivity contribution in [1.82, 2.24) is 0 Å². The minimum atomic E-state index is -4.20. The third-order valence-electron chi connectivity index (χ3n) is 2.00. The molecule has 0 fully saturated rings. The van der Waals surface area contributed by atoms with E-state index < -0.39 is 5.51 Å². The van der Waals surface area contributed by atoms with Crippen molar-refractivity contribution in [2.45, 2.75) is 18.5 Å². The summed E-state index contributed by atoms with van der Waals surface area (Å²) in [6.45, 7) is 1.85. The zero-order valence-corrected chi connectivity index (χ0v) is 10.1. The van der Waals surface area contributed by atoms with E-state index in [4.69, 9.17) is 10.5 Å². The highest BCUT2D eigenvalue weighted by Gasteiger charge is 2.27. The van der Waals surface area contributed by atoms with Crippen molar-refractivity contribution >= 4 is 11.8 Å². The van der Waals surface area contributed by atoms with Crippen LogP contribution >= 0.6 is 11.8 Å². The molecule has 0 amide bonds. The summed E-state index contributed by atoms with van der Waals surface area (Å²) in [5.74, 6) is 0.425. The molecule has 0 radical (unpaired) electrons. The molecular formula is C11H14F3NOS. The second-order valence-corrected chi connectivity index (χ2v) is 4.66. The first-order chi connectivity index (χ1) is 7.88. The zero-order chi connectivity index (χ0) is 12.9. The first kappa shape index (κ1) is 14.2. The van der Waals surface area contributed by atoms with Crippen molar-refractivity contribution in [3.05, 3.63) is 29.8 Å². The molecule has 96 valence electrons. The summed E-state index contributed by atoms with van der Waals surface area (Å²) in [5.41, 5.74) is 2.38. The van der Waals surface area contributed by atoms with Crippen LogP contribution in [-0.2, 0) is 0 Å². The average molecular weight is 265 g/mol. The summed E-state index contributed by atoms with van der Waals surface area (Å²) in [7, 11) is 0. The Morgan fingerprint density at radius 1 is 1.41 bits per heavy atom. The molecule has 17 heavy (non-hydrogen) atoms. The molecule has 0 aliphatic rings. The monoisotopic (exact) mass is 265 g/mol. The van der Waals surface area contributed by atoms with Gasteiger partial charge in [-0.1, -0.05) is 12.1 Å². The molecule has 0 aromatic heterocycles. The van der Waals surface area contributed by atoms with Crippen LogP contribution in [0.15, 0.2) is 24.3 Å². The Kier molecular flexibility index (Phi) is 5.14. The number of ether oxygens (including phenoxy) is 1. The van der Waals surface area contributed by atoms with Crippen LogP contribution in [0.1, 0.15) is 18.5 Å². The second kappa shape index (κ2) is 6.16. The Morgan fingerprint density at radius 2 is 2.12 bits per heavy atom. The third kappa shape index (κ3) is 5.83. The van der Waals surface area contributed by atoms with Crippen LogP contribution in [0.25, 0.3) is 0 Å². The standard InChI is InChI=1S/C11H14F3NOS/c1-8(15)9-3-2-4-10(7-9)16-5-6-17-11(12,13)14/h2-4,7-8H,5-6,15H2,1H3/t8-/m0/s1. The molecule has 0 aliphatic carbocycles. The normalized spacial score (nSPS) is 13.5. The predicted molar refractivity (Wildman–Crippen MR) is 63.1 cm³/mol. The van der Waals surface area contributed by atoms with Crippen molar-refractivity contribution < 1.29 is 17.9 Å². The van der Waals surface area contributed by atoms with Crippen molar-refractivity contribution in [2.75, 3.05) is 12.4 Å². The van der Waals surface area contributed by atoms with Crippen molar-refractivity contribution in [3.63, 3.8) is 0 Å². The van der Waals surface area contributed by atoms with Crippen LogP contribution < -0.4 is 10.5 Å². The minimum absolute atomic E-state index is 0.0204. The van der Waals surface area contributed by atoms with E-state index in [1.165, 1.54) is 0 Å². The van der Waals surface area contributed by atoms with Crippen LogP contribution in [0, 0.1) is 0 Å². The number of nitrogens with two attached hydrogens (primary N) is 1. The predicted octanol–water partition coefficient (Wildman–Crippen LogP) is 3.34. The summed E-state index contributed by atoms with van der Waals surface area (Å²) in [4.78, 5) is 0. The Morgan fingerprint density at radius 3 is 2.71 bits per heavy atom. The molecule has 1 aromatic rings. The van der Waals surface area contributed by atoms with E-state index in [2.05, 4.69) is 0 Å². The highest BCUT2D eigenvalue weighted by Crippen LogP contribution is 2.29. The van der Waals surface area contributed by atoms with Gasteiger partial charge < -0.3 is 10.5 Å². The van der Waals surface area contributed by atoms with Crippen LogP contribution in [0.4, 0.5) is 13.2 Å². The van der Waals surface area contributed by atoms with Gasteiger partial charge in [0.25, 0.3) is 0 Å². The smallest absolute Gasteiger partial charge is 0.441 e. The minimum Gasteiger partial charge on any atom is -0.493 e. The average Bonchev–Trinajstić information content (AvgIpc) is 2.23. The molecule has 0 saturated carbocycles. The molecule has 0 spiro atoms. The van der Waals surface area contributed by atoms with Gasteiger partial charge in [-0.3, -0.25) is 0 Å². The summed E-state index contributed by atoms with van der Waals surface area (Å²) in [5, 5.41) is 0. The maximum atomic E-state index is 11.8. The molecule has 0 aliphatic heterocycles. The third-order valence-corrected chi connectivity index (χ3v) is 2.70. The Hall–Kier alpha value is -0.880. The topological polar surface area (TPSA) is 35.2 Å². The molecule has 1 rings (SSSR count). The number of hydrogen-bond acceptors (Lipinski definition) is 3. The number of benzene rings is 1. The highest BCUT2D eigenvalue weighted by atomic mass is 32.2. The van der Waals surface area contributed by atoms with Gasteiger partial charge in [0, 0.05) is 11.8 Å². The number of rotatable bonds is 5. The van der Waals surface area contributed by atoms with Crippen LogP contribution in [0.5, 0.6) is 5.75 Å². The van der Waals surface area contributed by atoms with Gasteiger partial charge in [0.05, 0.1) is 6.61 Å². The molecule has 1 atom stereocenters. The molecule has 0 unspecified atom stereocenters. The Bertz CT molecular complexity index is 355. The molecule has 0 bridgehead atoms. The molecule has 2 N–H and O–H groups in total. The molecule has 6 heteroatoms. The van der Waals surface area contributed by atoms with E-state index in [1.54, 1.807) is 18.2 Å².